The summed E-state index contributed by atoms with van der Waals surface area (Å²) in [5, 5.41) is 0. The molecule has 0 unspecified atom stereocenters. The highest BCUT2D eigenvalue weighted by molar-refractivity contribution is 7.99. The van der Waals surface area contributed by atoms with Crippen LogP contribution in [0.3, 0.4) is 0 Å². The van der Waals surface area contributed by atoms with E-state index in [1.54, 1.807) is 0 Å². The standard InChI is InChI=1S/C14H23NOS/c1-5-16-11-6-7-12(15)13(10-11)17-9-8-14(2,3)4/h6-7,10H,5,8-9,15H2,1-4H3. The van der Waals surface area contributed by atoms with E-state index in [0.717, 1.165) is 22.1 Å². The van der Waals surface area contributed by atoms with Crippen molar-refractivity contribution in [1.82, 2.24) is 0 Å². The third-order valence-electron chi connectivity index (χ3n) is 2.41. The quantitative estimate of drug-likeness (QED) is 0.631. The number of thioether (sulfide) groups is 1. The Balaban J connectivity index is 2.60. The van der Waals surface area contributed by atoms with Crippen molar-refractivity contribution >= 4 is 17.4 Å². The summed E-state index contributed by atoms with van der Waals surface area (Å²) in [4.78, 5) is 1.13. The van der Waals surface area contributed by atoms with Gasteiger partial charge in [0.05, 0.1) is 6.61 Å². The highest BCUT2D eigenvalue weighted by Crippen LogP contribution is 2.32. The molecule has 1 aromatic rings. The van der Waals surface area contributed by atoms with E-state index in [1.807, 2.05) is 36.9 Å². The Morgan fingerprint density at radius 1 is 1.29 bits per heavy atom. The van der Waals surface area contributed by atoms with Crippen LogP contribution in [0.4, 0.5) is 5.69 Å². The van der Waals surface area contributed by atoms with Gasteiger partial charge in [-0.25, -0.2) is 0 Å². The average molecular weight is 253 g/mol. The number of nitrogens with two attached hydrogens (primary N) is 1. The van der Waals surface area contributed by atoms with Gasteiger partial charge in [0.1, 0.15) is 5.75 Å². The molecule has 0 aliphatic rings. The molecule has 0 bridgehead atoms. The van der Waals surface area contributed by atoms with Crippen LogP contribution in [0, 0.1) is 5.41 Å². The molecule has 2 N–H and O–H groups in total. The lowest BCUT2D eigenvalue weighted by molar-refractivity contribution is 0.339. The van der Waals surface area contributed by atoms with Crippen LogP contribution >= 0.6 is 11.8 Å². The van der Waals surface area contributed by atoms with Gasteiger partial charge in [-0.15, -0.1) is 11.8 Å². The monoisotopic (exact) mass is 253 g/mol. The Kier molecular flexibility index (Phi) is 5.19. The van der Waals surface area contributed by atoms with E-state index in [1.165, 1.54) is 6.42 Å². The molecule has 0 aromatic heterocycles. The summed E-state index contributed by atoms with van der Waals surface area (Å²) < 4.78 is 5.48. The van der Waals surface area contributed by atoms with Crippen molar-refractivity contribution in [2.45, 2.75) is 39.0 Å². The van der Waals surface area contributed by atoms with Crippen LogP contribution < -0.4 is 10.5 Å². The van der Waals surface area contributed by atoms with Gasteiger partial charge in [0.2, 0.25) is 0 Å². The second kappa shape index (κ2) is 6.20. The minimum Gasteiger partial charge on any atom is -0.494 e. The summed E-state index contributed by atoms with van der Waals surface area (Å²) in [7, 11) is 0. The Morgan fingerprint density at radius 3 is 2.59 bits per heavy atom. The Morgan fingerprint density at radius 2 is 2.00 bits per heavy atom. The molecule has 0 saturated carbocycles. The third-order valence-corrected chi connectivity index (χ3v) is 3.48. The molecule has 96 valence electrons. The molecule has 2 nitrogen and oxygen atoms in total. The summed E-state index contributed by atoms with van der Waals surface area (Å²) in [5.41, 5.74) is 7.17. The topological polar surface area (TPSA) is 35.2 Å². The molecular weight excluding hydrogens is 230 g/mol. The number of benzene rings is 1. The smallest absolute Gasteiger partial charge is 0.120 e. The van der Waals surface area contributed by atoms with E-state index >= 15 is 0 Å². The van der Waals surface area contributed by atoms with Crippen molar-refractivity contribution in [2.75, 3.05) is 18.1 Å². The van der Waals surface area contributed by atoms with Crippen LogP contribution in [0.2, 0.25) is 0 Å². The van der Waals surface area contributed by atoms with Gasteiger partial charge in [-0.3, -0.25) is 0 Å². The Bertz CT molecular complexity index is 358. The van der Waals surface area contributed by atoms with Crippen LogP contribution in [0.1, 0.15) is 34.1 Å². The second-order valence-electron chi connectivity index (χ2n) is 5.29. The van der Waals surface area contributed by atoms with Gasteiger partial charge in [0.25, 0.3) is 0 Å². The lowest BCUT2D eigenvalue weighted by Crippen LogP contribution is -2.06. The Labute approximate surface area is 109 Å². The fourth-order valence-electron chi connectivity index (χ4n) is 1.36. The molecule has 0 aliphatic carbocycles. The normalized spacial score (nSPS) is 11.5. The molecule has 17 heavy (non-hydrogen) atoms. The van der Waals surface area contributed by atoms with Gasteiger partial charge in [-0.2, -0.15) is 0 Å². The van der Waals surface area contributed by atoms with E-state index in [4.69, 9.17) is 10.5 Å². The molecule has 0 atom stereocenters. The van der Waals surface area contributed by atoms with Gasteiger partial charge in [-0.1, -0.05) is 20.8 Å². The molecule has 1 aromatic carbocycles. The van der Waals surface area contributed by atoms with Gasteiger partial charge >= 0.3 is 0 Å². The molecule has 0 radical (unpaired) electrons. The largest absolute Gasteiger partial charge is 0.494 e. The van der Waals surface area contributed by atoms with Crippen molar-refractivity contribution in [3.8, 4) is 5.75 Å². The highest BCUT2D eigenvalue weighted by Gasteiger charge is 2.10. The first kappa shape index (κ1) is 14.2. The predicted octanol–water partition coefficient (Wildman–Crippen LogP) is 4.20. The Hall–Kier alpha value is -0.830. The van der Waals surface area contributed by atoms with Crippen LogP contribution in [0.5, 0.6) is 5.75 Å². The predicted molar refractivity (Wildman–Crippen MR) is 76.8 cm³/mol. The maximum Gasteiger partial charge on any atom is 0.120 e. The zero-order valence-corrected chi connectivity index (χ0v) is 12.1. The van der Waals surface area contributed by atoms with E-state index in [0.29, 0.717) is 12.0 Å². The summed E-state index contributed by atoms with van der Waals surface area (Å²) in [6, 6.07) is 5.88. The lowest BCUT2D eigenvalue weighted by Gasteiger charge is -2.17. The first-order valence-corrected chi connectivity index (χ1v) is 7.06. The highest BCUT2D eigenvalue weighted by atomic mass is 32.2. The summed E-state index contributed by atoms with van der Waals surface area (Å²) in [5.74, 6) is 1.99. The maximum atomic E-state index is 5.96. The molecule has 0 aliphatic heterocycles. The maximum absolute atomic E-state index is 5.96. The number of rotatable bonds is 5. The fourth-order valence-corrected chi connectivity index (χ4v) is 2.73. The van der Waals surface area contributed by atoms with Crippen LogP contribution in [-0.2, 0) is 0 Å². The van der Waals surface area contributed by atoms with E-state index < -0.39 is 0 Å². The van der Waals surface area contributed by atoms with E-state index in [9.17, 15) is 0 Å². The average Bonchev–Trinajstić information content (AvgIpc) is 2.21. The van der Waals surface area contributed by atoms with Crippen LogP contribution in [-0.4, -0.2) is 12.4 Å². The lowest BCUT2D eigenvalue weighted by atomic mass is 9.94. The number of anilines is 1. The SMILES string of the molecule is CCOc1ccc(N)c(SCCC(C)(C)C)c1. The van der Waals surface area contributed by atoms with Crippen LogP contribution in [0.15, 0.2) is 23.1 Å². The number of ether oxygens (including phenoxy) is 1. The molecule has 0 heterocycles. The third kappa shape index (κ3) is 5.35. The summed E-state index contributed by atoms with van der Waals surface area (Å²) in [6.45, 7) is 9.45. The minimum atomic E-state index is 0.374. The molecule has 0 amide bonds. The van der Waals surface area contributed by atoms with Crippen molar-refractivity contribution in [1.29, 1.82) is 0 Å². The molecular formula is C14H23NOS. The second-order valence-corrected chi connectivity index (χ2v) is 6.43. The van der Waals surface area contributed by atoms with Gasteiger partial charge in [0.15, 0.2) is 0 Å². The number of hydrogen-bond donors (Lipinski definition) is 1. The van der Waals surface area contributed by atoms with Gasteiger partial charge in [-0.05, 0) is 42.7 Å². The molecule has 0 spiro atoms. The number of nitrogen functional groups attached to an aromatic ring is 1. The van der Waals surface area contributed by atoms with Crippen LogP contribution in [0.25, 0.3) is 0 Å². The molecule has 0 fully saturated rings. The molecule has 0 saturated heterocycles. The summed E-state index contributed by atoms with van der Waals surface area (Å²) in [6.07, 6.45) is 1.18. The number of hydrogen-bond acceptors (Lipinski definition) is 3. The van der Waals surface area contributed by atoms with Crippen molar-refractivity contribution in [3.05, 3.63) is 18.2 Å². The first-order valence-electron chi connectivity index (χ1n) is 6.07. The van der Waals surface area contributed by atoms with Gasteiger partial charge in [0, 0.05) is 10.6 Å². The molecule has 3 heteroatoms. The minimum absolute atomic E-state index is 0.374. The first-order chi connectivity index (χ1) is 7.92. The van der Waals surface area contributed by atoms with E-state index in [2.05, 4.69) is 20.8 Å². The van der Waals surface area contributed by atoms with Crippen molar-refractivity contribution < 1.29 is 4.74 Å². The van der Waals surface area contributed by atoms with Crippen molar-refractivity contribution in [3.63, 3.8) is 0 Å². The van der Waals surface area contributed by atoms with E-state index in [-0.39, 0.29) is 0 Å². The zero-order chi connectivity index (χ0) is 12.9. The molecule has 1 rings (SSSR count). The van der Waals surface area contributed by atoms with Crippen molar-refractivity contribution in [2.24, 2.45) is 5.41 Å². The zero-order valence-electron chi connectivity index (χ0n) is 11.2. The fraction of sp³-hybridized carbons (Fsp3) is 0.571. The van der Waals surface area contributed by atoms with Gasteiger partial charge < -0.3 is 10.5 Å². The summed E-state index contributed by atoms with van der Waals surface area (Å²) >= 11 is 1.81.